The van der Waals surface area contributed by atoms with E-state index in [1.54, 1.807) is 4.90 Å². The van der Waals surface area contributed by atoms with Gasteiger partial charge in [-0.05, 0) is 44.2 Å². The van der Waals surface area contributed by atoms with Crippen LogP contribution in [-0.4, -0.2) is 24.4 Å². The van der Waals surface area contributed by atoms with Gasteiger partial charge in [0.25, 0.3) is 0 Å². The maximum Gasteiger partial charge on any atom is 0.250 e. The minimum atomic E-state index is -0.318. The van der Waals surface area contributed by atoms with Crippen LogP contribution in [0.1, 0.15) is 24.0 Å². The molecule has 1 aliphatic heterocycles. The predicted molar refractivity (Wildman–Crippen MR) is 72.9 cm³/mol. The minimum absolute atomic E-state index is 0.0362. The van der Waals surface area contributed by atoms with E-state index >= 15 is 0 Å². The molecule has 0 radical (unpaired) electrons. The summed E-state index contributed by atoms with van der Waals surface area (Å²) in [5.74, 6) is 0.315. The summed E-state index contributed by atoms with van der Waals surface area (Å²) in [5.41, 5.74) is 3.06. The van der Waals surface area contributed by atoms with E-state index < -0.39 is 0 Å². The molecule has 0 aromatic heterocycles. The van der Waals surface area contributed by atoms with Gasteiger partial charge in [0.2, 0.25) is 11.8 Å². The van der Waals surface area contributed by atoms with Gasteiger partial charge in [0.15, 0.2) is 0 Å². The Morgan fingerprint density at radius 2 is 1.95 bits per heavy atom. The van der Waals surface area contributed by atoms with Gasteiger partial charge >= 0.3 is 0 Å². The molecule has 3 rings (SSSR count). The standard InChI is InChI=1S/C15H18N2O2/c1-9-3-6-12(10(2)7-9)17-8-13(18)16-14(15(17)19)11-4-5-11/h3,6-7,11,14H,4-5,8H2,1-2H3,(H,16,18). The predicted octanol–water partition coefficient (Wildman–Crippen LogP) is 1.54. The van der Waals surface area contributed by atoms with Gasteiger partial charge in [-0.1, -0.05) is 17.7 Å². The van der Waals surface area contributed by atoms with E-state index in [0.29, 0.717) is 5.92 Å². The van der Waals surface area contributed by atoms with Crippen LogP contribution < -0.4 is 10.2 Å². The number of hydrogen-bond acceptors (Lipinski definition) is 2. The average Bonchev–Trinajstić information content (AvgIpc) is 3.16. The van der Waals surface area contributed by atoms with Crippen LogP contribution >= 0.6 is 0 Å². The lowest BCUT2D eigenvalue weighted by atomic mass is 10.0. The van der Waals surface area contributed by atoms with Crippen LogP contribution in [0.5, 0.6) is 0 Å². The SMILES string of the molecule is Cc1ccc(N2CC(=O)NC(C3CC3)C2=O)c(C)c1. The number of piperazine rings is 1. The van der Waals surface area contributed by atoms with Crippen molar-refractivity contribution >= 4 is 17.5 Å². The lowest BCUT2D eigenvalue weighted by molar-refractivity contribution is -0.131. The van der Waals surface area contributed by atoms with Crippen molar-refractivity contribution in [1.29, 1.82) is 0 Å². The van der Waals surface area contributed by atoms with E-state index in [1.807, 2.05) is 32.0 Å². The molecule has 1 atom stereocenters. The molecule has 4 heteroatoms. The van der Waals surface area contributed by atoms with Gasteiger partial charge in [-0.15, -0.1) is 0 Å². The van der Waals surface area contributed by atoms with Crippen molar-refractivity contribution in [2.45, 2.75) is 32.7 Å². The smallest absolute Gasteiger partial charge is 0.250 e. The normalized spacial score (nSPS) is 23.5. The number of nitrogens with zero attached hydrogens (tertiary/aromatic N) is 1. The van der Waals surface area contributed by atoms with E-state index in [9.17, 15) is 9.59 Å². The van der Waals surface area contributed by atoms with E-state index in [-0.39, 0.29) is 24.4 Å². The summed E-state index contributed by atoms with van der Waals surface area (Å²) in [6, 6.07) is 5.64. The molecule has 1 saturated carbocycles. The highest BCUT2D eigenvalue weighted by Crippen LogP contribution is 2.35. The van der Waals surface area contributed by atoms with Gasteiger partial charge in [-0.3, -0.25) is 9.59 Å². The number of benzene rings is 1. The number of carbonyl (C=O) groups excluding carboxylic acids is 2. The molecule has 1 aromatic rings. The first-order chi connectivity index (χ1) is 9.06. The van der Waals surface area contributed by atoms with Crippen LogP contribution in [0.3, 0.4) is 0 Å². The first kappa shape index (κ1) is 12.2. The molecule has 1 saturated heterocycles. The summed E-state index contributed by atoms with van der Waals surface area (Å²) in [6.07, 6.45) is 2.08. The largest absolute Gasteiger partial charge is 0.342 e. The Bertz CT molecular complexity index is 549. The Hall–Kier alpha value is -1.84. The topological polar surface area (TPSA) is 49.4 Å². The van der Waals surface area contributed by atoms with Crippen LogP contribution in [0.15, 0.2) is 18.2 Å². The molecular formula is C15H18N2O2. The lowest BCUT2D eigenvalue weighted by Crippen LogP contribution is -2.59. The number of aryl methyl sites for hydroxylation is 2. The second-order valence-electron chi connectivity index (χ2n) is 5.60. The second-order valence-corrected chi connectivity index (χ2v) is 5.60. The van der Waals surface area contributed by atoms with Crippen molar-refractivity contribution in [2.24, 2.45) is 5.92 Å². The zero-order valence-electron chi connectivity index (χ0n) is 11.3. The highest BCUT2D eigenvalue weighted by molar-refractivity contribution is 6.07. The summed E-state index contributed by atoms with van der Waals surface area (Å²) < 4.78 is 0. The molecule has 1 N–H and O–H groups in total. The van der Waals surface area contributed by atoms with Crippen molar-refractivity contribution in [1.82, 2.24) is 5.32 Å². The number of hydrogen-bond donors (Lipinski definition) is 1. The third-order valence-corrected chi connectivity index (χ3v) is 3.89. The van der Waals surface area contributed by atoms with Crippen LogP contribution in [-0.2, 0) is 9.59 Å². The Balaban J connectivity index is 1.93. The minimum Gasteiger partial charge on any atom is -0.342 e. The summed E-state index contributed by atoms with van der Waals surface area (Å²) in [4.78, 5) is 25.9. The molecule has 100 valence electrons. The fraction of sp³-hybridized carbons (Fsp3) is 0.467. The molecule has 1 heterocycles. The number of amides is 2. The summed E-state index contributed by atoms with van der Waals surface area (Å²) in [5, 5.41) is 2.83. The summed E-state index contributed by atoms with van der Waals surface area (Å²) >= 11 is 0. The molecule has 1 aromatic carbocycles. The molecule has 1 unspecified atom stereocenters. The highest BCUT2D eigenvalue weighted by atomic mass is 16.2. The zero-order chi connectivity index (χ0) is 13.6. The van der Waals surface area contributed by atoms with Gasteiger partial charge in [0.1, 0.15) is 12.6 Å². The molecule has 2 amide bonds. The van der Waals surface area contributed by atoms with E-state index in [2.05, 4.69) is 5.32 Å². The number of rotatable bonds is 2. The van der Waals surface area contributed by atoms with Crippen molar-refractivity contribution in [2.75, 3.05) is 11.4 Å². The maximum absolute atomic E-state index is 12.5. The van der Waals surface area contributed by atoms with Crippen molar-refractivity contribution in [3.8, 4) is 0 Å². The second kappa shape index (κ2) is 4.37. The molecule has 2 aliphatic rings. The molecule has 1 aliphatic carbocycles. The Kier molecular flexibility index (Phi) is 2.81. The maximum atomic E-state index is 12.5. The van der Waals surface area contributed by atoms with Gasteiger partial charge in [0, 0.05) is 5.69 Å². The summed E-state index contributed by atoms with van der Waals surface area (Å²) in [6.45, 7) is 4.13. The van der Waals surface area contributed by atoms with Crippen LogP contribution in [0.25, 0.3) is 0 Å². The van der Waals surface area contributed by atoms with Gasteiger partial charge < -0.3 is 10.2 Å². The first-order valence-corrected chi connectivity index (χ1v) is 6.74. The number of nitrogens with one attached hydrogen (secondary N) is 1. The van der Waals surface area contributed by atoms with Crippen LogP contribution in [0, 0.1) is 19.8 Å². The Labute approximate surface area is 112 Å². The Morgan fingerprint density at radius 3 is 2.58 bits per heavy atom. The third kappa shape index (κ3) is 2.23. The quantitative estimate of drug-likeness (QED) is 0.875. The lowest BCUT2D eigenvalue weighted by Gasteiger charge is -2.33. The van der Waals surface area contributed by atoms with Crippen LogP contribution in [0.4, 0.5) is 5.69 Å². The highest BCUT2D eigenvalue weighted by Gasteiger charge is 2.43. The average molecular weight is 258 g/mol. The fourth-order valence-corrected chi connectivity index (χ4v) is 2.73. The van der Waals surface area contributed by atoms with Crippen LogP contribution in [0.2, 0.25) is 0 Å². The monoisotopic (exact) mass is 258 g/mol. The zero-order valence-corrected chi connectivity index (χ0v) is 11.3. The Morgan fingerprint density at radius 1 is 1.21 bits per heavy atom. The molecular weight excluding hydrogens is 240 g/mol. The molecule has 2 fully saturated rings. The third-order valence-electron chi connectivity index (χ3n) is 3.89. The van der Waals surface area contributed by atoms with Crippen molar-refractivity contribution < 1.29 is 9.59 Å². The number of carbonyl (C=O) groups is 2. The van der Waals surface area contributed by atoms with Gasteiger partial charge in [-0.25, -0.2) is 0 Å². The molecule has 0 spiro atoms. The first-order valence-electron chi connectivity index (χ1n) is 6.74. The van der Waals surface area contributed by atoms with Crippen molar-refractivity contribution in [3.63, 3.8) is 0 Å². The number of anilines is 1. The van der Waals surface area contributed by atoms with E-state index in [4.69, 9.17) is 0 Å². The molecule has 0 bridgehead atoms. The summed E-state index contributed by atoms with van der Waals surface area (Å²) in [7, 11) is 0. The van der Waals surface area contributed by atoms with Gasteiger partial charge in [-0.2, -0.15) is 0 Å². The fourth-order valence-electron chi connectivity index (χ4n) is 2.73. The van der Waals surface area contributed by atoms with E-state index in [1.165, 1.54) is 0 Å². The molecule has 19 heavy (non-hydrogen) atoms. The van der Waals surface area contributed by atoms with E-state index in [0.717, 1.165) is 29.7 Å². The van der Waals surface area contributed by atoms with Gasteiger partial charge in [0.05, 0.1) is 0 Å². The van der Waals surface area contributed by atoms with Crippen molar-refractivity contribution in [3.05, 3.63) is 29.3 Å². The molecule has 4 nitrogen and oxygen atoms in total.